The van der Waals surface area contributed by atoms with E-state index in [1.807, 2.05) is 0 Å². The monoisotopic (exact) mass is 236 g/mol. The minimum Gasteiger partial charge on any atom is -0.431 e. The molecule has 7 heteroatoms. The lowest BCUT2D eigenvalue weighted by Crippen LogP contribution is -2.22. The second-order valence-electron chi connectivity index (χ2n) is 4.12. The van der Waals surface area contributed by atoms with Crippen LogP contribution in [0.3, 0.4) is 0 Å². The molecule has 0 aromatic heterocycles. The third kappa shape index (κ3) is 9.22. The van der Waals surface area contributed by atoms with Crippen LogP contribution in [0.25, 0.3) is 0 Å². The zero-order chi connectivity index (χ0) is 12.8. The molecule has 0 unspecified atom stereocenters. The topological polar surface area (TPSA) is 80.3 Å². The molecule has 0 radical (unpaired) electrons. The fourth-order valence-corrected chi connectivity index (χ4v) is 0.448. The third-order valence-electron chi connectivity index (χ3n) is 0.885. The smallest absolute Gasteiger partial charge is 0.431 e. The summed E-state index contributed by atoms with van der Waals surface area (Å²) in [4.78, 5) is 30.1. The lowest BCUT2D eigenvalue weighted by molar-refractivity contribution is -0.513. The molecule has 94 valence electrons. The van der Waals surface area contributed by atoms with Gasteiger partial charge in [0.2, 0.25) is 0 Å². The van der Waals surface area contributed by atoms with E-state index in [2.05, 4.69) is 24.3 Å². The highest BCUT2D eigenvalue weighted by atomic mass is 17.5. The maximum atomic E-state index is 10.8. The van der Waals surface area contributed by atoms with Crippen LogP contribution in [0.15, 0.2) is 0 Å². The molecule has 0 heterocycles. The van der Waals surface area contributed by atoms with Gasteiger partial charge in [0.15, 0.2) is 0 Å². The Bertz CT molecular complexity index is 241. The summed E-state index contributed by atoms with van der Waals surface area (Å²) in [6.07, 6.45) is -2.93. The summed E-state index contributed by atoms with van der Waals surface area (Å²) in [5.74, 6) is 0. The van der Waals surface area contributed by atoms with E-state index in [1.54, 1.807) is 34.6 Å². The van der Waals surface area contributed by atoms with Crippen molar-refractivity contribution < 1.29 is 33.9 Å². The van der Waals surface area contributed by atoms with Crippen molar-refractivity contribution in [2.24, 2.45) is 0 Å². The molecule has 0 aromatic rings. The Balaban J connectivity index is 3.71. The van der Waals surface area contributed by atoms with Crippen LogP contribution in [0, 0.1) is 0 Å². The SMILES string of the molecule is CC(C)OC(=O)OC(=O)OOOC(C)(C)C. The fourth-order valence-electron chi connectivity index (χ4n) is 0.448. The molecule has 0 aliphatic carbocycles. The summed E-state index contributed by atoms with van der Waals surface area (Å²) < 4.78 is 8.56. The first-order valence-electron chi connectivity index (χ1n) is 4.65. The number of hydrogen-bond acceptors (Lipinski definition) is 7. The largest absolute Gasteiger partial charge is 0.553 e. The summed E-state index contributed by atoms with van der Waals surface area (Å²) in [5, 5.41) is 4.08. The standard InChI is InChI=1S/C9H16O7/c1-6(2)12-7(10)13-8(11)14-16-15-9(3,4)5/h6H,1-5H3. The van der Waals surface area contributed by atoms with Gasteiger partial charge in [0.1, 0.15) is 0 Å². The van der Waals surface area contributed by atoms with Gasteiger partial charge >= 0.3 is 12.3 Å². The number of rotatable bonds is 3. The molecule has 0 fully saturated rings. The van der Waals surface area contributed by atoms with Crippen LogP contribution in [-0.2, 0) is 24.3 Å². The molecule has 0 spiro atoms. The quantitative estimate of drug-likeness (QED) is 0.322. The molecular formula is C9H16O7. The van der Waals surface area contributed by atoms with E-state index in [9.17, 15) is 9.59 Å². The first-order valence-corrected chi connectivity index (χ1v) is 4.65. The van der Waals surface area contributed by atoms with Crippen molar-refractivity contribution >= 4 is 12.3 Å². The number of carbonyl (C=O) groups excluding carboxylic acids is 2. The fraction of sp³-hybridized carbons (Fsp3) is 0.778. The molecule has 0 bridgehead atoms. The number of ether oxygens (including phenoxy) is 2. The normalized spacial score (nSPS) is 11.1. The highest BCUT2D eigenvalue weighted by Gasteiger charge is 2.18. The molecule has 0 aromatic carbocycles. The van der Waals surface area contributed by atoms with Gasteiger partial charge in [-0.2, -0.15) is 9.68 Å². The van der Waals surface area contributed by atoms with Crippen molar-refractivity contribution in [2.45, 2.75) is 46.3 Å². The second-order valence-corrected chi connectivity index (χ2v) is 4.12. The molecular weight excluding hydrogens is 220 g/mol. The van der Waals surface area contributed by atoms with E-state index in [0.717, 1.165) is 0 Å². The van der Waals surface area contributed by atoms with Crippen LogP contribution < -0.4 is 0 Å². The van der Waals surface area contributed by atoms with E-state index < -0.39 is 24.0 Å². The molecule has 0 rings (SSSR count). The molecule has 0 N–H and O–H groups in total. The zero-order valence-corrected chi connectivity index (χ0v) is 9.94. The van der Waals surface area contributed by atoms with Gasteiger partial charge in [0.25, 0.3) is 0 Å². The first kappa shape index (κ1) is 14.7. The summed E-state index contributed by atoms with van der Waals surface area (Å²) in [6, 6.07) is 0. The Hall–Kier alpha value is -1.34. The predicted molar refractivity (Wildman–Crippen MR) is 51.1 cm³/mol. The van der Waals surface area contributed by atoms with Crippen molar-refractivity contribution in [1.29, 1.82) is 0 Å². The van der Waals surface area contributed by atoms with E-state index in [1.165, 1.54) is 0 Å². The average molecular weight is 236 g/mol. The summed E-state index contributed by atoms with van der Waals surface area (Å²) in [7, 11) is 0. The molecule has 0 atom stereocenters. The van der Waals surface area contributed by atoms with Crippen LogP contribution in [0.4, 0.5) is 9.59 Å². The van der Waals surface area contributed by atoms with E-state index in [4.69, 9.17) is 0 Å². The van der Waals surface area contributed by atoms with Crippen molar-refractivity contribution in [1.82, 2.24) is 0 Å². The molecule has 16 heavy (non-hydrogen) atoms. The predicted octanol–water partition coefficient (Wildman–Crippen LogP) is 2.35. The third-order valence-corrected chi connectivity index (χ3v) is 0.885. The maximum Gasteiger partial charge on any atom is 0.553 e. The van der Waals surface area contributed by atoms with E-state index >= 15 is 0 Å². The zero-order valence-electron chi connectivity index (χ0n) is 9.94. The molecule has 7 nitrogen and oxygen atoms in total. The van der Waals surface area contributed by atoms with Gasteiger partial charge in [-0.25, -0.2) is 9.68 Å². The molecule has 0 saturated carbocycles. The molecule has 0 amide bonds. The lowest BCUT2D eigenvalue weighted by Gasteiger charge is -2.14. The van der Waals surface area contributed by atoms with Gasteiger partial charge < -0.3 is 9.47 Å². The minimum atomic E-state index is -1.37. The molecule has 0 aliphatic heterocycles. The highest BCUT2D eigenvalue weighted by molar-refractivity contribution is 5.76. The van der Waals surface area contributed by atoms with Gasteiger partial charge in [0, 0.05) is 0 Å². The molecule has 0 saturated heterocycles. The highest BCUT2D eigenvalue weighted by Crippen LogP contribution is 2.07. The number of carbonyl (C=O) groups is 2. The van der Waals surface area contributed by atoms with Crippen molar-refractivity contribution in [2.75, 3.05) is 0 Å². The van der Waals surface area contributed by atoms with Crippen molar-refractivity contribution in [3.05, 3.63) is 0 Å². The summed E-state index contributed by atoms with van der Waals surface area (Å²) >= 11 is 0. The van der Waals surface area contributed by atoms with Gasteiger partial charge in [0.05, 0.1) is 11.7 Å². The van der Waals surface area contributed by atoms with Gasteiger partial charge in [-0.1, -0.05) is 0 Å². The van der Waals surface area contributed by atoms with Crippen LogP contribution in [-0.4, -0.2) is 24.0 Å². The van der Waals surface area contributed by atoms with Crippen LogP contribution in [0.5, 0.6) is 0 Å². The Labute approximate surface area is 93.4 Å². The lowest BCUT2D eigenvalue weighted by atomic mass is 10.2. The van der Waals surface area contributed by atoms with Crippen LogP contribution >= 0.6 is 0 Å². The maximum absolute atomic E-state index is 10.8. The Morgan fingerprint density at radius 1 is 1.06 bits per heavy atom. The van der Waals surface area contributed by atoms with Gasteiger partial charge in [-0.05, 0) is 39.7 Å². The second kappa shape index (κ2) is 6.29. The first-order chi connectivity index (χ1) is 7.20. The van der Waals surface area contributed by atoms with Crippen molar-refractivity contribution in [3.8, 4) is 0 Å². The van der Waals surface area contributed by atoms with E-state index in [-0.39, 0.29) is 0 Å². The molecule has 0 aliphatic rings. The van der Waals surface area contributed by atoms with Gasteiger partial charge in [-0.15, -0.1) is 0 Å². The number of hydrogen-bond donors (Lipinski definition) is 0. The summed E-state index contributed by atoms with van der Waals surface area (Å²) in [5.41, 5.74) is -0.654. The average Bonchev–Trinajstić information content (AvgIpc) is 1.98. The minimum absolute atomic E-state index is 0.396. The van der Waals surface area contributed by atoms with E-state index in [0.29, 0.717) is 0 Å². The Morgan fingerprint density at radius 2 is 1.62 bits per heavy atom. The van der Waals surface area contributed by atoms with Gasteiger partial charge in [-0.3, -0.25) is 0 Å². The van der Waals surface area contributed by atoms with Crippen LogP contribution in [0.1, 0.15) is 34.6 Å². The Kier molecular flexibility index (Phi) is 5.76. The van der Waals surface area contributed by atoms with Crippen molar-refractivity contribution in [3.63, 3.8) is 0 Å². The summed E-state index contributed by atoms with van der Waals surface area (Å²) in [6.45, 7) is 8.23. The van der Waals surface area contributed by atoms with Crippen LogP contribution in [0.2, 0.25) is 0 Å². The Morgan fingerprint density at radius 3 is 2.06 bits per heavy atom.